The third kappa shape index (κ3) is 3.36. The quantitative estimate of drug-likeness (QED) is 0.427. The fourth-order valence-corrected chi connectivity index (χ4v) is 4.31. The second-order valence-corrected chi connectivity index (χ2v) is 9.49. The van der Waals surface area contributed by atoms with Gasteiger partial charge < -0.3 is 4.90 Å². The van der Waals surface area contributed by atoms with Crippen LogP contribution in [0.1, 0.15) is 43.0 Å². The summed E-state index contributed by atoms with van der Waals surface area (Å²) in [6, 6.07) is 21.4. The van der Waals surface area contributed by atoms with Crippen molar-refractivity contribution in [1.82, 2.24) is 4.90 Å². The van der Waals surface area contributed by atoms with Gasteiger partial charge in [0.1, 0.15) is 17.5 Å². The van der Waals surface area contributed by atoms with Crippen molar-refractivity contribution in [3.63, 3.8) is 0 Å². The highest BCUT2D eigenvalue weighted by atomic mass is 19.1. The standard InChI is InChI=1S/C28H26FN3/c1-17-6-10-19(11-7-17)24-25-22-16-20(29)12-15-23(22)31-27(25)32(28(3,4)5)26(24)30-21-13-8-18(2)9-14-21/h6-16H,1-5H3. The highest BCUT2D eigenvalue weighted by Crippen LogP contribution is 2.48. The average molecular weight is 424 g/mol. The molecule has 160 valence electrons. The molecule has 0 bridgehead atoms. The average Bonchev–Trinajstić information content (AvgIpc) is 3.23. The van der Waals surface area contributed by atoms with Crippen LogP contribution in [-0.2, 0) is 0 Å². The molecule has 3 aromatic carbocycles. The minimum atomic E-state index is -0.277. The van der Waals surface area contributed by atoms with E-state index in [-0.39, 0.29) is 11.4 Å². The van der Waals surface area contributed by atoms with Crippen molar-refractivity contribution in [2.24, 2.45) is 9.98 Å². The molecular weight excluding hydrogens is 397 g/mol. The van der Waals surface area contributed by atoms with Gasteiger partial charge >= 0.3 is 0 Å². The first-order chi connectivity index (χ1) is 15.2. The van der Waals surface area contributed by atoms with Gasteiger partial charge in [0, 0.05) is 22.2 Å². The Hall–Kier alpha value is -3.53. The largest absolute Gasteiger partial charge is 0.305 e. The highest BCUT2D eigenvalue weighted by molar-refractivity contribution is 6.53. The van der Waals surface area contributed by atoms with E-state index in [1.807, 2.05) is 12.1 Å². The van der Waals surface area contributed by atoms with Gasteiger partial charge in [-0.25, -0.2) is 14.4 Å². The number of aliphatic imine (C=N–C) groups is 2. The normalized spacial score (nSPS) is 16.5. The Bertz CT molecular complexity index is 1300. The van der Waals surface area contributed by atoms with Crippen molar-refractivity contribution >= 4 is 34.2 Å². The molecule has 3 nitrogen and oxygen atoms in total. The van der Waals surface area contributed by atoms with Crippen LogP contribution in [0.2, 0.25) is 0 Å². The van der Waals surface area contributed by atoms with Gasteiger partial charge in [-0.2, -0.15) is 0 Å². The van der Waals surface area contributed by atoms with Crippen molar-refractivity contribution in [2.75, 3.05) is 0 Å². The molecule has 0 N–H and O–H groups in total. The Kier molecular flexibility index (Phi) is 4.63. The van der Waals surface area contributed by atoms with Crippen LogP contribution in [0.25, 0.3) is 11.1 Å². The molecule has 4 heteroatoms. The number of benzene rings is 3. The molecule has 3 aromatic rings. The first-order valence-electron chi connectivity index (χ1n) is 10.9. The number of aryl methyl sites for hydroxylation is 2. The molecule has 0 atom stereocenters. The molecular formula is C28H26FN3. The van der Waals surface area contributed by atoms with Crippen molar-refractivity contribution in [3.8, 4) is 0 Å². The topological polar surface area (TPSA) is 28.0 Å². The SMILES string of the molecule is Cc1ccc(N=C2C(c3ccc(C)cc3)=C3C(=Nc4ccc(F)cc43)N2C(C)(C)C)cc1. The summed E-state index contributed by atoms with van der Waals surface area (Å²) in [7, 11) is 0. The minimum absolute atomic E-state index is 0.262. The van der Waals surface area contributed by atoms with Crippen LogP contribution in [-0.4, -0.2) is 22.1 Å². The zero-order valence-electron chi connectivity index (χ0n) is 19.1. The molecule has 0 fully saturated rings. The lowest BCUT2D eigenvalue weighted by molar-refractivity contribution is 0.350. The van der Waals surface area contributed by atoms with Crippen LogP contribution < -0.4 is 0 Å². The summed E-state index contributed by atoms with van der Waals surface area (Å²) in [6.07, 6.45) is 0. The number of halogens is 1. The molecule has 0 saturated carbocycles. The lowest BCUT2D eigenvalue weighted by Crippen LogP contribution is -2.46. The number of hydrogen-bond donors (Lipinski definition) is 0. The summed E-state index contributed by atoms with van der Waals surface area (Å²) >= 11 is 0. The summed E-state index contributed by atoms with van der Waals surface area (Å²) in [4.78, 5) is 12.2. The van der Waals surface area contributed by atoms with Gasteiger partial charge in [0.2, 0.25) is 0 Å². The Balaban J connectivity index is 1.83. The van der Waals surface area contributed by atoms with Gasteiger partial charge in [-0.05, 0) is 70.5 Å². The van der Waals surface area contributed by atoms with E-state index in [1.54, 1.807) is 12.1 Å². The van der Waals surface area contributed by atoms with Crippen molar-refractivity contribution in [3.05, 3.63) is 94.8 Å². The second-order valence-electron chi connectivity index (χ2n) is 9.49. The van der Waals surface area contributed by atoms with Crippen LogP contribution in [0, 0.1) is 19.7 Å². The van der Waals surface area contributed by atoms with E-state index in [1.165, 1.54) is 17.2 Å². The Morgan fingerprint density at radius 1 is 0.812 bits per heavy atom. The fraction of sp³-hybridized carbons (Fsp3) is 0.214. The maximum Gasteiger partial charge on any atom is 0.144 e. The number of amidine groups is 2. The maximum absolute atomic E-state index is 14.3. The molecule has 32 heavy (non-hydrogen) atoms. The van der Waals surface area contributed by atoms with E-state index in [2.05, 4.69) is 75.9 Å². The van der Waals surface area contributed by atoms with E-state index in [4.69, 9.17) is 9.98 Å². The predicted octanol–water partition coefficient (Wildman–Crippen LogP) is 7.24. The predicted molar refractivity (Wildman–Crippen MR) is 131 cm³/mol. The van der Waals surface area contributed by atoms with Crippen LogP contribution in [0.4, 0.5) is 15.8 Å². The van der Waals surface area contributed by atoms with Crippen LogP contribution in [0.5, 0.6) is 0 Å². The van der Waals surface area contributed by atoms with Gasteiger partial charge in [-0.3, -0.25) is 0 Å². The summed E-state index contributed by atoms with van der Waals surface area (Å²) in [5, 5.41) is 0. The van der Waals surface area contributed by atoms with Crippen molar-refractivity contribution in [1.29, 1.82) is 0 Å². The van der Waals surface area contributed by atoms with Gasteiger partial charge in [0.25, 0.3) is 0 Å². The number of rotatable bonds is 2. The molecule has 0 radical (unpaired) electrons. The molecule has 0 aliphatic carbocycles. The van der Waals surface area contributed by atoms with Crippen LogP contribution >= 0.6 is 0 Å². The van der Waals surface area contributed by atoms with E-state index < -0.39 is 0 Å². The van der Waals surface area contributed by atoms with Crippen LogP contribution in [0.3, 0.4) is 0 Å². The molecule has 2 aliphatic rings. The minimum Gasteiger partial charge on any atom is -0.305 e. The summed E-state index contributed by atoms with van der Waals surface area (Å²) in [5.74, 6) is 1.41. The molecule has 0 unspecified atom stereocenters. The first-order valence-corrected chi connectivity index (χ1v) is 10.9. The zero-order valence-corrected chi connectivity index (χ0v) is 19.1. The lowest BCUT2D eigenvalue weighted by Gasteiger charge is -2.34. The number of hydrogen-bond acceptors (Lipinski definition) is 2. The highest BCUT2D eigenvalue weighted by Gasteiger charge is 2.44. The summed E-state index contributed by atoms with van der Waals surface area (Å²) < 4.78 is 14.3. The molecule has 0 spiro atoms. The molecule has 2 heterocycles. The van der Waals surface area contributed by atoms with Gasteiger partial charge in [0.15, 0.2) is 0 Å². The zero-order chi connectivity index (χ0) is 22.6. The Labute approximate surface area is 188 Å². The summed E-state index contributed by atoms with van der Waals surface area (Å²) in [6.45, 7) is 10.6. The third-order valence-electron chi connectivity index (χ3n) is 5.86. The van der Waals surface area contributed by atoms with E-state index >= 15 is 0 Å². The van der Waals surface area contributed by atoms with Gasteiger partial charge in [0.05, 0.1) is 11.4 Å². The summed E-state index contributed by atoms with van der Waals surface area (Å²) in [5.41, 5.74) is 7.58. The van der Waals surface area contributed by atoms with Crippen molar-refractivity contribution < 1.29 is 4.39 Å². The molecule has 2 aliphatic heterocycles. The maximum atomic E-state index is 14.3. The third-order valence-corrected chi connectivity index (χ3v) is 5.86. The second kappa shape index (κ2) is 7.27. The Morgan fingerprint density at radius 2 is 1.44 bits per heavy atom. The lowest BCUT2D eigenvalue weighted by atomic mass is 9.95. The van der Waals surface area contributed by atoms with E-state index in [9.17, 15) is 4.39 Å². The smallest absolute Gasteiger partial charge is 0.144 e. The monoisotopic (exact) mass is 423 g/mol. The van der Waals surface area contributed by atoms with Gasteiger partial charge in [-0.15, -0.1) is 0 Å². The molecule has 0 amide bonds. The van der Waals surface area contributed by atoms with Crippen molar-refractivity contribution in [2.45, 2.75) is 40.2 Å². The van der Waals surface area contributed by atoms with E-state index in [0.717, 1.165) is 45.3 Å². The molecule has 5 rings (SSSR count). The Morgan fingerprint density at radius 3 is 2.06 bits per heavy atom. The van der Waals surface area contributed by atoms with Gasteiger partial charge in [-0.1, -0.05) is 47.5 Å². The molecule has 0 aromatic heterocycles. The first kappa shape index (κ1) is 20.4. The number of fused-ring (bicyclic) bond motifs is 3. The fourth-order valence-electron chi connectivity index (χ4n) is 4.31. The molecule has 0 saturated heterocycles. The van der Waals surface area contributed by atoms with E-state index in [0.29, 0.717) is 0 Å². The van der Waals surface area contributed by atoms with Crippen LogP contribution in [0.15, 0.2) is 76.7 Å². The number of nitrogens with zero attached hydrogens (tertiary/aromatic N) is 3.